The van der Waals surface area contributed by atoms with Gasteiger partial charge in [-0.05, 0) is 40.5 Å². The van der Waals surface area contributed by atoms with Crippen LogP contribution < -0.4 is 0 Å². The van der Waals surface area contributed by atoms with Crippen LogP contribution in [-0.2, 0) is 13.9 Å². The van der Waals surface area contributed by atoms with Crippen LogP contribution in [0.1, 0.15) is 40.5 Å². The second-order valence-corrected chi connectivity index (χ2v) is 5.11. The first-order chi connectivity index (χ1) is 8.05. The first kappa shape index (κ1) is 17.1. The highest BCUT2D eigenvalue weighted by Gasteiger charge is 2.15. The highest BCUT2D eigenvalue weighted by molar-refractivity contribution is 5.98. The summed E-state index contributed by atoms with van der Waals surface area (Å²) in [5.41, 5.74) is 0.0229. The molecular formula is C12H29NO3Si. The molecule has 0 saturated carbocycles. The van der Waals surface area contributed by atoms with Crippen molar-refractivity contribution in [3.8, 4) is 0 Å². The van der Waals surface area contributed by atoms with Gasteiger partial charge in [0.05, 0.1) is 0 Å². The first-order valence-electron chi connectivity index (χ1n) is 6.48. The molecule has 104 valence electrons. The van der Waals surface area contributed by atoms with Gasteiger partial charge in [-0.1, -0.05) is 0 Å². The molecule has 0 spiro atoms. The Bertz CT molecular complexity index is 171. The predicted octanol–water partition coefficient (Wildman–Crippen LogP) is 1.13. The van der Waals surface area contributed by atoms with Gasteiger partial charge in [-0.2, -0.15) is 0 Å². The third-order valence-corrected chi connectivity index (χ3v) is 3.87. The summed E-state index contributed by atoms with van der Waals surface area (Å²) in [6.07, 6.45) is 2.18. The average Bonchev–Trinajstić information content (AvgIpc) is 2.31. The van der Waals surface area contributed by atoms with Crippen molar-refractivity contribution < 1.29 is 13.9 Å². The summed E-state index contributed by atoms with van der Waals surface area (Å²) in [4.78, 5) is 2.19. The van der Waals surface area contributed by atoms with Crippen molar-refractivity contribution in [2.75, 3.05) is 33.2 Å². The second kappa shape index (κ2) is 10.0. The van der Waals surface area contributed by atoms with Gasteiger partial charge in [-0.15, -0.1) is 0 Å². The minimum Gasteiger partial charge on any atom is -0.423 e. The Morgan fingerprint density at radius 3 is 2.00 bits per heavy atom. The largest absolute Gasteiger partial charge is 0.423 e. The van der Waals surface area contributed by atoms with Crippen LogP contribution >= 0.6 is 0 Å². The van der Waals surface area contributed by atoms with Crippen molar-refractivity contribution >= 4 is 10.5 Å². The topological polar surface area (TPSA) is 30.9 Å². The molecule has 0 aromatic heterocycles. The van der Waals surface area contributed by atoms with Crippen LogP contribution in [0.4, 0.5) is 0 Å². The summed E-state index contributed by atoms with van der Waals surface area (Å²) in [6.45, 7) is 12.1. The summed E-state index contributed by atoms with van der Waals surface area (Å²) < 4.78 is 16.4. The first-order valence-corrected chi connectivity index (χ1v) is 7.30. The van der Waals surface area contributed by atoms with Crippen LogP contribution in [0.25, 0.3) is 0 Å². The van der Waals surface area contributed by atoms with Crippen molar-refractivity contribution in [2.24, 2.45) is 0 Å². The fourth-order valence-electron chi connectivity index (χ4n) is 1.44. The Labute approximate surface area is 109 Å². The minimum absolute atomic E-state index is 0.0229. The highest BCUT2D eigenvalue weighted by atomic mass is 28.2. The van der Waals surface area contributed by atoms with Crippen LogP contribution in [0.2, 0.25) is 0 Å². The zero-order valence-corrected chi connectivity index (χ0v) is 14.1. The maximum Gasteiger partial charge on any atom is 0.146 e. The van der Waals surface area contributed by atoms with Crippen molar-refractivity contribution in [2.45, 2.75) is 46.1 Å². The van der Waals surface area contributed by atoms with Gasteiger partial charge in [0.25, 0.3) is 0 Å². The fourth-order valence-corrected chi connectivity index (χ4v) is 1.64. The zero-order valence-electron chi connectivity index (χ0n) is 12.1. The summed E-state index contributed by atoms with van der Waals surface area (Å²) in [7, 11) is 0.801. The van der Waals surface area contributed by atoms with E-state index in [0.717, 1.165) is 43.1 Å². The van der Waals surface area contributed by atoms with E-state index >= 15 is 0 Å². The molecule has 0 saturated heterocycles. The summed E-state index contributed by atoms with van der Waals surface area (Å²) in [5.74, 6) is 0. The Morgan fingerprint density at radius 1 is 1.06 bits per heavy atom. The van der Waals surface area contributed by atoms with E-state index < -0.39 is 0 Å². The quantitative estimate of drug-likeness (QED) is 0.413. The molecule has 0 radical (unpaired) electrons. The lowest BCUT2D eigenvalue weighted by Gasteiger charge is -2.26. The molecule has 0 aromatic rings. The van der Waals surface area contributed by atoms with E-state index in [2.05, 4.69) is 18.7 Å². The lowest BCUT2D eigenvalue weighted by molar-refractivity contribution is -0.0416. The van der Waals surface area contributed by atoms with Gasteiger partial charge in [-0.25, -0.2) is 0 Å². The molecule has 17 heavy (non-hydrogen) atoms. The third-order valence-electron chi connectivity index (χ3n) is 2.76. The summed E-state index contributed by atoms with van der Waals surface area (Å²) in [5, 5.41) is 0. The zero-order chi connectivity index (χ0) is 13.1. The Kier molecular flexibility index (Phi) is 10.1. The molecule has 0 atom stereocenters. The standard InChI is InChI=1S/C12H29NO3Si/c1-5-14-10-13(11-15-6-2)9-7-8-12(3,4)16-17/h5-11H2,1-4,17H3. The van der Waals surface area contributed by atoms with E-state index in [9.17, 15) is 0 Å². The molecule has 0 aromatic carbocycles. The van der Waals surface area contributed by atoms with Crippen LogP contribution in [-0.4, -0.2) is 54.2 Å². The predicted molar refractivity (Wildman–Crippen MR) is 74.0 cm³/mol. The number of hydrogen-bond donors (Lipinski definition) is 0. The molecule has 0 rings (SSSR count). The van der Waals surface area contributed by atoms with Crippen LogP contribution in [0.3, 0.4) is 0 Å². The van der Waals surface area contributed by atoms with Gasteiger partial charge in [0, 0.05) is 25.4 Å². The smallest absolute Gasteiger partial charge is 0.146 e. The average molecular weight is 263 g/mol. The van der Waals surface area contributed by atoms with Crippen molar-refractivity contribution in [3.05, 3.63) is 0 Å². The van der Waals surface area contributed by atoms with Gasteiger partial charge in [-0.3, -0.25) is 4.90 Å². The molecular weight excluding hydrogens is 234 g/mol. The molecule has 0 N–H and O–H groups in total. The Morgan fingerprint density at radius 2 is 1.59 bits per heavy atom. The molecule has 4 nitrogen and oxygen atoms in total. The number of nitrogens with zero attached hydrogens (tertiary/aromatic N) is 1. The Hall–Kier alpha value is 0.0569. The van der Waals surface area contributed by atoms with Gasteiger partial charge in [0.15, 0.2) is 0 Å². The molecule has 0 unspecified atom stereocenters. The fraction of sp³-hybridized carbons (Fsp3) is 1.00. The van der Waals surface area contributed by atoms with Crippen molar-refractivity contribution in [1.29, 1.82) is 0 Å². The van der Waals surface area contributed by atoms with Crippen LogP contribution in [0, 0.1) is 0 Å². The van der Waals surface area contributed by atoms with Crippen molar-refractivity contribution in [3.63, 3.8) is 0 Å². The van der Waals surface area contributed by atoms with Crippen molar-refractivity contribution in [1.82, 2.24) is 4.90 Å². The normalized spacial score (nSPS) is 12.5. The summed E-state index contributed by atoms with van der Waals surface area (Å²) in [6, 6.07) is 0. The van der Waals surface area contributed by atoms with Gasteiger partial charge < -0.3 is 13.9 Å². The van der Waals surface area contributed by atoms with E-state index in [1.807, 2.05) is 13.8 Å². The van der Waals surface area contributed by atoms with Gasteiger partial charge >= 0.3 is 0 Å². The number of hydrogen-bond acceptors (Lipinski definition) is 4. The molecule has 0 fully saturated rings. The maximum atomic E-state index is 5.54. The molecule has 0 aliphatic carbocycles. The molecule has 0 amide bonds. The lowest BCUT2D eigenvalue weighted by Crippen LogP contribution is -2.32. The van der Waals surface area contributed by atoms with E-state index in [1.165, 1.54) is 0 Å². The Balaban J connectivity index is 3.81. The van der Waals surface area contributed by atoms with E-state index in [1.54, 1.807) is 0 Å². The second-order valence-electron chi connectivity index (χ2n) is 4.71. The van der Waals surface area contributed by atoms with E-state index in [0.29, 0.717) is 13.5 Å². The third kappa shape index (κ3) is 9.73. The molecule has 0 heterocycles. The minimum atomic E-state index is 0.0229. The molecule has 0 bridgehead atoms. The number of ether oxygens (including phenoxy) is 2. The maximum absolute atomic E-state index is 5.54. The number of rotatable bonds is 11. The lowest BCUT2D eigenvalue weighted by atomic mass is 10.0. The van der Waals surface area contributed by atoms with Crippen LogP contribution in [0.15, 0.2) is 0 Å². The molecule has 0 aliphatic rings. The van der Waals surface area contributed by atoms with E-state index in [-0.39, 0.29) is 5.60 Å². The van der Waals surface area contributed by atoms with Gasteiger partial charge in [0.2, 0.25) is 0 Å². The summed E-state index contributed by atoms with van der Waals surface area (Å²) >= 11 is 0. The monoisotopic (exact) mass is 263 g/mol. The van der Waals surface area contributed by atoms with Crippen LogP contribution in [0.5, 0.6) is 0 Å². The SMILES string of the molecule is CCOCN(CCCC(C)(C)O[SiH3])COCC. The van der Waals surface area contributed by atoms with E-state index in [4.69, 9.17) is 13.9 Å². The van der Waals surface area contributed by atoms with Gasteiger partial charge in [0.1, 0.15) is 23.9 Å². The molecule has 5 heteroatoms. The highest BCUT2D eigenvalue weighted by Crippen LogP contribution is 2.15. The molecule has 0 aliphatic heterocycles.